The molecule has 2 N–H and O–H groups in total. The van der Waals surface area contributed by atoms with Gasteiger partial charge in [0.15, 0.2) is 0 Å². The summed E-state index contributed by atoms with van der Waals surface area (Å²) in [6.45, 7) is 3.44. The van der Waals surface area contributed by atoms with Crippen LogP contribution in [-0.4, -0.2) is 38.5 Å². The summed E-state index contributed by atoms with van der Waals surface area (Å²) in [7, 11) is -3.64. The van der Waals surface area contributed by atoms with Crippen molar-refractivity contribution in [3.8, 4) is 0 Å². The Bertz CT molecular complexity index is 549. The Labute approximate surface area is 124 Å². The van der Waals surface area contributed by atoms with Gasteiger partial charge in [-0.25, -0.2) is 8.42 Å². The summed E-state index contributed by atoms with van der Waals surface area (Å²) in [5.74, 6) is 0. The lowest BCUT2D eigenvalue weighted by molar-refractivity contribution is 0.0290. The second-order valence-electron chi connectivity index (χ2n) is 4.72. The van der Waals surface area contributed by atoms with E-state index in [1.165, 1.54) is 10.4 Å². The lowest BCUT2D eigenvalue weighted by atomic mass is 10.1. The Kier molecular flexibility index (Phi) is 4.90. The van der Waals surface area contributed by atoms with E-state index in [0.717, 1.165) is 0 Å². The maximum absolute atomic E-state index is 12.6. The van der Waals surface area contributed by atoms with Crippen LogP contribution in [0.1, 0.15) is 19.8 Å². The molecule has 7 heteroatoms. The molecule has 20 heavy (non-hydrogen) atoms. The average molecular weight is 319 g/mol. The lowest BCUT2D eigenvalue weighted by Crippen LogP contribution is -2.41. The first kappa shape index (κ1) is 15.6. The second-order valence-corrected chi connectivity index (χ2v) is 7.00. The third-order valence-electron chi connectivity index (χ3n) is 3.40. The van der Waals surface area contributed by atoms with Crippen LogP contribution in [0, 0.1) is 0 Å². The lowest BCUT2D eigenvalue weighted by Gasteiger charge is -2.31. The quantitative estimate of drug-likeness (QED) is 0.863. The topological polar surface area (TPSA) is 72.6 Å². The van der Waals surface area contributed by atoms with Crippen molar-refractivity contribution in [1.29, 1.82) is 0 Å². The van der Waals surface area contributed by atoms with E-state index < -0.39 is 10.0 Å². The predicted octanol–water partition coefficient (Wildman–Crippen LogP) is 2.11. The van der Waals surface area contributed by atoms with Gasteiger partial charge in [-0.05, 0) is 31.9 Å². The zero-order valence-corrected chi connectivity index (χ0v) is 13.0. The zero-order valence-electron chi connectivity index (χ0n) is 11.4. The molecule has 1 aliphatic rings. The number of rotatable bonds is 4. The molecule has 0 aromatic heterocycles. The molecule has 0 atom stereocenters. The van der Waals surface area contributed by atoms with Gasteiger partial charge in [-0.2, -0.15) is 4.31 Å². The van der Waals surface area contributed by atoms with Crippen molar-refractivity contribution in [2.24, 2.45) is 0 Å². The molecule has 1 saturated heterocycles. The first-order chi connectivity index (χ1) is 9.46. The number of hydrogen-bond donors (Lipinski definition) is 1. The fraction of sp³-hybridized carbons (Fsp3) is 0.538. The van der Waals surface area contributed by atoms with E-state index in [1.807, 2.05) is 6.92 Å². The molecule has 0 spiro atoms. The largest absolute Gasteiger partial charge is 0.398 e. The van der Waals surface area contributed by atoms with E-state index in [1.54, 1.807) is 12.1 Å². The minimum atomic E-state index is -3.64. The van der Waals surface area contributed by atoms with Gasteiger partial charge in [-0.3, -0.25) is 0 Å². The highest BCUT2D eigenvalue weighted by atomic mass is 35.5. The number of ether oxygens (including phenoxy) is 1. The van der Waals surface area contributed by atoms with Crippen LogP contribution in [-0.2, 0) is 14.8 Å². The van der Waals surface area contributed by atoms with Gasteiger partial charge in [-0.1, -0.05) is 17.7 Å². The summed E-state index contributed by atoms with van der Waals surface area (Å²) in [6, 6.07) is 4.72. The second kappa shape index (κ2) is 6.30. The van der Waals surface area contributed by atoms with Crippen LogP contribution in [0.15, 0.2) is 23.1 Å². The summed E-state index contributed by atoms with van der Waals surface area (Å²) >= 11 is 6.00. The molecule has 112 valence electrons. The van der Waals surface area contributed by atoms with Crippen molar-refractivity contribution >= 4 is 27.3 Å². The van der Waals surface area contributed by atoms with E-state index in [4.69, 9.17) is 22.1 Å². The Morgan fingerprint density at radius 2 is 2.05 bits per heavy atom. The number of anilines is 1. The van der Waals surface area contributed by atoms with Crippen LogP contribution < -0.4 is 5.73 Å². The molecule has 1 fully saturated rings. The Balaban J connectivity index is 2.20. The Morgan fingerprint density at radius 1 is 1.40 bits per heavy atom. The standard InChI is InChI=1S/C13H19ClN2O3S/c1-2-19-10-6-8-16(9-7-10)20(17,18)13-11(14)4-3-5-12(13)15/h3-5,10H,2,6-9,15H2,1H3. The molecule has 5 nitrogen and oxygen atoms in total. The van der Waals surface area contributed by atoms with Crippen LogP contribution in [0.4, 0.5) is 5.69 Å². The highest BCUT2D eigenvalue weighted by Gasteiger charge is 2.32. The van der Waals surface area contributed by atoms with Gasteiger partial charge in [0.1, 0.15) is 4.90 Å². The smallest absolute Gasteiger partial charge is 0.246 e. The van der Waals surface area contributed by atoms with Crippen molar-refractivity contribution in [3.05, 3.63) is 23.2 Å². The summed E-state index contributed by atoms with van der Waals surface area (Å²) in [5, 5.41) is 0.164. The normalized spacial score (nSPS) is 18.3. The first-order valence-corrected chi connectivity index (χ1v) is 8.44. The van der Waals surface area contributed by atoms with Crippen LogP contribution in [0.5, 0.6) is 0 Å². The van der Waals surface area contributed by atoms with Crippen LogP contribution >= 0.6 is 11.6 Å². The minimum Gasteiger partial charge on any atom is -0.398 e. The van der Waals surface area contributed by atoms with Crippen molar-refractivity contribution in [2.45, 2.75) is 30.8 Å². The van der Waals surface area contributed by atoms with Gasteiger partial charge in [-0.15, -0.1) is 0 Å². The average Bonchev–Trinajstić information content (AvgIpc) is 2.39. The van der Waals surface area contributed by atoms with E-state index in [0.29, 0.717) is 32.5 Å². The monoisotopic (exact) mass is 318 g/mol. The van der Waals surface area contributed by atoms with Gasteiger partial charge in [0.2, 0.25) is 10.0 Å². The van der Waals surface area contributed by atoms with E-state index >= 15 is 0 Å². The molecule has 0 unspecified atom stereocenters. The van der Waals surface area contributed by atoms with Gasteiger partial charge >= 0.3 is 0 Å². The number of nitrogen functional groups attached to an aromatic ring is 1. The first-order valence-electron chi connectivity index (χ1n) is 6.62. The molecule has 0 aliphatic carbocycles. The van der Waals surface area contributed by atoms with Gasteiger partial charge in [0.05, 0.1) is 16.8 Å². The van der Waals surface area contributed by atoms with Gasteiger partial charge in [0.25, 0.3) is 0 Å². The third-order valence-corrected chi connectivity index (χ3v) is 5.84. The molecule has 0 amide bonds. The number of nitrogens with zero attached hydrogens (tertiary/aromatic N) is 1. The molecule has 1 aromatic rings. The molecular formula is C13H19ClN2O3S. The van der Waals surface area contributed by atoms with Crippen molar-refractivity contribution in [2.75, 3.05) is 25.4 Å². The van der Waals surface area contributed by atoms with E-state index in [-0.39, 0.29) is 21.7 Å². The van der Waals surface area contributed by atoms with Crippen molar-refractivity contribution < 1.29 is 13.2 Å². The summed E-state index contributed by atoms with van der Waals surface area (Å²) < 4.78 is 32.2. The maximum atomic E-state index is 12.6. The molecule has 0 radical (unpaired) electrons. The summed E-state index contributed by atoms with van der Waals surface area (Å²) in [5.41, 5.74) is 5.96. The fourth-order valence-corrected chi connectivity index (χ4v) is 4.51. The van der Waals surface area contributed by atoms with Gasteiger partial charge in [0, 0.05) is 19.7 Å². The Morgan fingerprint density at radius 3 is 2.60 bits per heavy atom. The molecule has 1 heterocycles. The van der Waals surface area contributed by atoms with E-state index in [9.17, 15) is 8.42 Å². The number of hydrogen-bond acceptors (Lipinski definition) is 4. The van der Waals surface area contributed by atoms with Crippen molar-refractivity contribution in [3.63, 3.8) is 0 Å². The van der Waals surface area contributed by atoms with Gasteiger partial charge < -0.3 is 10.5 Å². The van der Waals surface area contributed by atoms with Crippen LogP contribution in [0.3, 0.4) is 0 Å². The van der Waals surface area contributed by atoms with Crippen LogP contribution in [0.2, 0.25) is 5.02 Å². The van der Waals surface area contributed by atoms with Crippen molar-refractivity contribution in [1.82, 2.24) is 4.31 Å². The van der Waals surface area contributed by atoms with Crippen LogP contribution in [0.25, 0.3) is 0 Å². The molecular weight excluding hydrogens is 300 g/mol. The SMILES string of the molecule is CCOC1CCN(S(=O)(=O)c2c(N)cccc2Cl)CC1. The number of halogens is 1. The fourth-order valence-electron chi connectivity index (χ4n) is 2.40. The third kappa shape index (κ3) is 3.09. The zero-order chi connectivity index (χ0) is 14.8. The molecule has 2 rings (SSSR count). The Hall–Kier alpha value is -0.820. The number of sulfonamides is 1. The number of piperidine rings is 1. The molecule has 1 aromatic carbocycles. The summed E-state index contributed by atoms with van der Waals surface area (Å²) in [6.07, 6.45) is 1.52. The number of nitrogens with two attached hydrogens (primary N) is 1. The minimum absolute atomic E-state index is 0.0107. The molecule has 1 aliphatic heterocycles. The molecule has 0 saturated carbocycles. The maximum Gasteiger partial charge on any atom is 0.246 e. The number of benzene rings is 1. The highest BCUT2D eigenvalue weighted by Crippen LogP contribution is 2.31. The molecule has 0 bridgehead atoms. The predicted molar refractivity (Wildman–Crippen MR) is 79.3 cm³/mol. The highest BCUT2D eigenvalue weighted by molar-refractivity contribution is 7.89. The van der Waals surface area contributed by atoms with E-state index in [2.05, 4.69) is 0 Å². The summed E-state index contributed by atoms with van der Waals surface area (Å²) in [4.78, 5) is 0.0107.